The maximum atomic E-state index is 6.30. The topological polar surface area (TPSA) is 61.3 Å². The fraction of sp³-hybridized carbons (Fsp3) is 0.600. The average Bonchev–Trinajstić information content (AvgIpc) is 2.30. The van der Waals surface area contributed by atoms with E-state index in [2.05, 4.69) is 26.8 Å². The zero-order valence-corrected chi connectivity index (χ0v) is 12.2. The summed E-state index contributed by atoms with van der Waals surface area (Å²) in [5, 5.41) is 0. The molecule has 0 heterocycles. The van der Waals surface area contributed by atoms with Gasteiger partial charge < -0.3 is 16.2 Å². The molecule has 4 N–H and O–H groups in total. The van der Waals surface area contributed by atoms with Crippen molar-refractivity contribution >= 4 is 0 Å². The normalized spacial score (nSPS) is 14.4. The van der Waals surface area contributed by atoms with Gasteiger partial charge in [0.05, 0.1) is 7.11 Å². The Hall–Kier alpha value is -1.06. The maximum Gasteiger partial charge on any atom is 0.127 e. The molecular weight excluding hydrogens is 224 g/mol. The number of aryl methyl sites for hydroxylation is 2. The van der Waals surface area contributed by atoms with Gasteiger partial charge in [0, 0.05) is 17.6 Å². The van der Waals surface area contributed by atoms with Gasteiger partial charge >= 0.3 is 0 Å². The second kappa shape index (κ2) is 6.21. The van der Waals surface area contributed by atoms with Crippen LogP contribution in [0.4, 0.5) is 0 Å². The minimum atomic E-state index is -0.00903. The van der Waals surface area contributed by atoms with Crippen molar-refractivity contribution in [2.75, 3.05) is 7.11 Å². The van der Waals surface area contributed by atoms with Gasteiger partial charge in [0.15, 0.2) is 0 Å². The molecule has 18 heavy (non-hydrogen) atoms. The van der Waals surface area contributed by atoms with Crippen molar-refractivity contribution in [3.8, 4) is 5.75 Å². The molecule has 2 atom stereocenters. The first-order valence-corrected chi connectivity index (χ1v) is 6.54. The molecule has 1 aromatic rings. The molecule has 0 fully saturated rings. The number of rotatable bonds is 5. The molecule has 0 aromatic heterocycles. The van der Waals surface area contributed by atoms with Crippen LogP contribution in [0.25, 0.3) is 0 Å². The lowest BCUT2D eigenvalue weighted by molar-refractivity contribution is 0.398. The summed E-state index contributed by atoms with van der Waals surface area (Å²) < 4.78 is 5.55. The lowest BCUT2D eigenvalue weighted by Gasteiger charge is -2.22. The third-order valence-corrected chi connectivity index (χ3v) is 3.54. The molecule has 1 rings (SSSR count). The minimum absolute atomic E-state index is 0.00903. The van der Waals surface area contributed by atoms with Gasteiger partial charge in [-0.25, -0.2) is 0 Å². The highest BCUT2D eigenvalue weighted by molar-refractivity contribution is 5.51. The largest absolute Gasteiger partial charge is 0.496 e. The number of ether oxygens (including phenoxy) is 1. The summed E-state index contributed by atoms with van der Waals surface area (Å²) in [6.45, 7) is 8.28. The molecule has 2 unspecified atom stereocenters. The maximum absolute atomic E-state index is 6.30. The summed E-state index contributed by atoms with van der Waals surface area (Å²) in [5.41, 5.74) is 16.8. The average molecular weight is 250 g/mol. The van der Waals surface area contributed by atoms with Gasteiger partial charge in [-0.05, 0) is 57.2 Å². The van der Waals surface area contributed by atoms with E-state index in [0.29, 0.717) is 0 Å². The van der Waals surface area contributed by atoms with Gasteiger partial charge in [0.25, 0.3) is 0 Å². The highest BCUT2D eigenvalue weighted by Crippen LogP contribution is 2.34. The van der Waals surface area contributed by atoms with Crippen molar-refractivity contribution in [3.05, 3.63) is 28.3 Å². The number of benzene rings is 1. The van der Waals surface area contributed by atoms with Gasteiger partial charge in [-0.15, -0.1) is 0 Å². The van der Waals surface area contributed by atoms with Crippen LogP contribution >= 0.6 is 0 Å². The van der Waals surface area contributed by atoms with Crippen LogP contribution in [0.1, 0.15) is 48.1 Å². The monoisotopic (exact) mass is 250 g/mol. The summed E-state index contributed by atoms with van der Waals surface area (Å²) >= 11 is 0. The Morgan fingerprint density at radius 2 is 1.72 bits per heavy atom. The van der Waals surface area contributed by atoms with Crippen LogP contribution < -0.4 is 16.2 Å². The quantitative estimate of drug-likeness (QED) is 0.844. The molecule has 1 aromatic carbocycles. The number of methoxy groups -OCH3 is 1. The molecule has 0 radical (unpaired) electrons. The van der Waals surface area contributed by atoms with Crippen LogP contribution in [0.15, 0.2) is 6.07 Å². The summed E-state index contributed by atoms with van der Waals surface area (Å²) in [7, 11) is 1.71. The Balaban J connectivity index is 3.10. The first-order chi connectivity index (χ1) is 8.38. The number of hydrogen-bond acceptors (Lipinski definition) is 3. The predicted octanol–water partition coefficient (Wildman–Crippen LogP) is 2.75. The van der Waals surface area contributed by atoms with Crippen molar-refractivity contribution < 1.29 is 4.74 Å². The first-order valence-electron chi connectivity index (χ1n) is 6.54. The fourth-order valence-electron chi connectivity index (χ4n) is 2.38. The Morgan fingerprint density at radius 1 is 1.11 bits per heavy atom. The predicted molar refractivity (Wildman–Crippen MR) is 77.0 cm³/mol. The van der Waals surface area contributed by atoms with Gasteiger partial charge in [-0.2, -0.15) is 0 Å². The van der Waals surface area contributed by atoms with E-state index in [4.69, 9.17) is 16.2 Å². The van der Waals surface area contributed by atoms with Gasteiger partial charge in [0.2, 0.25) is 0 Å². The highest BCUT2D eigenvalue weighted by atomic mass is 16.5. The summed E-state index contributed by atoms with van der Waals surface area (Å²) in [6.07, 6.45) is 1.81. The molecule has 0 saturated carbocycles. The molecule has 0 saturated heterocycles. The Kier molecular flexibility index (Phi) is 5.17. The van der Waals surface area contributed by atoms with Crippen molar-refractivity contribution in [1.29, 1.82) is 0 Å². The smallest absolute Gasteiger partial charge is 0.127 e. The van der Waals surface area contributed by atoms with E-state index in [1.807, 2.05) is 6.92 Å². The zero-order valence-electron chi connectivity index (χ0n) is 12.2. The van der Waals surface area contributed by atoms with Crippen LogP contribution in [0.3, 0.4) is 0 Å². The van der Waals surface area contributed by atoms with Crippen molar-refractivity contribution in [2.45, 2.75) is 52.6 Å². The number of nitrogens with two attached hydrogens (primary N) is 2. The zero-order chi connectivity index (χ0) is 13.9. The van der Waals surface area contributed by atoms with E-state index in [1.54, 1.807) is 7.11 Å². The Bertz CT molecular complexity index is 413. The number of hydrogen-bond donors (Lipinski definition) is 2. The van der Waals surface area contributed by atoms with Crippen molar-refractivity contribution in [2.24, 2.45) is 11.5 Å². The van der Waals surface area contributed by atoms with Crippen LogP contribution in [-0.4, -0.2) is 13.2 Å². The van der Waals surface area contributed by atoms with E-state index in [-0.39, 0.29) is 12.1 Å². The van der Waals surface area contributed by atoms with E-state index >= 15 is 0 Å². The van der Waals surface area contributed by atoms with Gasteiger partial charge in [-0.1, -0.05) is 6.07 Å². The summed E-state index contributed by atoms with van der Waals surface area (Å²) in [5.74, 6) is 0.935. The Labute approximate surface area is 111 Å². The standard InChI is InChI=1S/C15H26N2O/c1-9-8-10(2)14(15(18-5)12(9)4)13(17)7-6-11(3)16/h8,11,13H,6-7,16-17H2,1-5H3. The molecule has 102 valence electrons. The van der Waals surface area contributed by atoms with E-state index < -0.39 is 0 Å². The molecular formula is C15H26N2O. The molecule has 0 aliphatic carbocycles. The second-order valence-corrected chi connectivity index (χ2v) is 5.24. The second-order valence-electron chi connectivity index (χ2n) is 5.24. The van der Waals surface area contributed by atoms with Crippen LogP contribution in [0.5, 0.6) is 5.75 Å². The third kappa shape index (κ3) is 3.24. The SMILES string of the molecule is COc1c(C)c(C)cc(C)c1C(N)CCC(C)N. The van der Waals surface area contributed by atoms with E-state index in [1.165, 1.54) is 16.7 Å². The van der Waals surface area contributed by atoms with Crippen LogP contribution in [-0.2, 0) is 0 Å². The molecule has 3 nitrogen and oxygen atoms in total. The van der Waals surface area contributed by atoms with Crippen LogP contribution in [0.2, 0.25) is 0 Å². The molecule has 0 amide bonds. The summed E-state index contributed by atoms with van der Waals surface area (Å²) in [6, 6.07) is 2.36. The summed E-state index contributed by atoms with van der Waals surface area (Å²) in [4.78, 5) is 0. The Morgan fingerprint density at radius 3 is 2.22 bits per heavy atom. The van der Waals surface area contributed by atoms with Gasteiger partial charge in [0.1, 0.15) is 5.75 Å². The lowest BCUT2D eigenvalue weighted by atomic mass is 9.91. The van der Waals surface area contributed by atoms with Crippen LogP contribution in [0, 0.1) is 20.8 Å². The third-order valence-electron chi connectivity index (χ3n) is 3.54. The fourth-order valence-corrected chi connectivity index (χ4v) is 2.38. The minimum Gasteiger partial charge on any atom is -0.496 e. The molecule has 0 bridgehead atoms. The van der Waals surface area contributed by atoms with E-state index in [9.17, 15) is 0 Å². The highest BCUT2D eigenvalue weighted by Gasteiger charge is 2.18. The van der Waals surface area contributed by atoms with Crippen molar-refractivity contribution in [3.63, 3.8) is 0 Å². The molecule has 0 spiro atoms. The molecule has 0 aliphatic heterocycles. The molecule has 0 aliphatic rings. The molecule has 3 heteroatoms. The lowest BCUT2D eigenvalue weighted by Crippen LogP contribution is -2.20. The van der Waals surface area contributed by atoms with Gasteiger partial charge in [-0.3, -0.25) is 0 Å². The van der Waals surface area contributed by atoms with Crippen molar-refractivity contribution in [1.82, 2.24) is 0 Å². The van der Waals surface area contributed by atoms with E-state index in [0.717, 1.165) is 24.2 Å². The first kappa shape index (κ1) is 15.0.